The highest BCUT2D eigenvalue weighted by Gasteiger charge is 2.47. The summed E-state index contributed by atoms with van der Waals surface area (Å²) < 4.78 is 17.7. The molecule has 1 heterocycles. The molecule has 0 bridgehead atoms. The maximum Gasteiger partial charge on any atom is 0.306 e. The maximum atomic E-state index is 13.4. The van der Waals surface area contributed by atoms with Crippen molar-refractivity contribution in [1.29, 1.82) is 0 Å². The second-order valence-electron chi connectivity index (χ2n) is 24.3. The SMILES string of the molecule is CCCCC/C=C\C/C=C\CCCCCCCCC(O)C(=O)NC(COC1OC(CO)C(O)C(O)C1OC(=O)CCCCCCCCCCCCCCCCCCCCCCCCCCC)C(O)/C=C/CCCCCCCCCCC. The quantitative estimate of drug-likeness (QED) is 0.0195. The average molecular weight is 1150 g/mol. The highest BCUT2D eigenvalue weighted by atomic mass is 16.7. The van der Waals surface area contributed by atoms with Crippen molar-refractivity contribution < 1.29 is 49.3 Å². The van der Waals surface area contributed by atoms with Crippen molar-refractivity contribution >= 4 is 11.9 Å². The molecule has 0 aromatic rings. The van der Waals surface area contributed by atoms with Crippen LogP contribution in [-0.2, 0) is 23.8 Å². The highest BCUT2D eigenvalue weighted by molar-refractivity contribution is 5.80. The minimum atomic E-state index is -1.61. The molecule has 1 aliphatic heterocycles. The van der Waals surface area contributed by atoms with Crippen LogP contribution in [0.1, 0.15) is 335 Å². The molecule has 1 fully saturated rings. The normalized spacial score (nSPS) is 18.8. The molecule has 0 aliphatic carbocycles. The van der Waals surface area contributed by atoms with Crippen LogP contribution in [0.25, 0.3) is 0 Å². The lowest BCUT2D eigenvalue weighted by atomic mass is 9.99. The van der Waals surface area contributed by atoms with Crippen LogP contribution in [-0.4, -0.2) is 99.6 Å². The molecule has 8 atom stereocenters. The van der Waals surface area contributed by atoms with Gasteiger partial charge in [-0.15, -0.1) is 0 Å². The molecule has 0 radical (unpaired) electrons. The van der Waals surface area contributed by atoms with Gasteiger partial charge in [-0.3, -0.25) is 9.59 Å². The Morgan fingerprint density at radius 1 is 0.481 bits per heavy atom. The summed E-state index contributed by atoms with van der Waals surface area (Å²) in [5.74, 6) is -1.19. The van der Waals surface area contributed by atoms with Crippen molar-refractivity contribution in [2.24, 2.45) is 0 Å². The molecule has 11 nitrogen and oxygen atoms in total. The van der Waals surface area contributed by atoms with Gasteiger partial charge in [-0.05, 0) is 57.8 Å². The summed E-state index contributed by atoms with van der Waals surface area (Å²) in [4.78, 5) is 26.6. The van der Waals surface area contributed by atoms with Crippen molar-refractivity contribution in [2.75, 3.05) is 13.2 Å². The molecule has 0 aromatic carbocycles. The number of amides is 1. The smallest absolute Gasteiger partial charge is 0.306 e. The van der Waals surface area contributed by atoms with Gasteiger partial charge in [0.1, 0.15) is 24.4 Å². The Hall–Kier alpha value is -2.12. The van der Waals surface area contributed by atoms with Crippen molar-refractivity contribution in [3.05, 3.63) is 36.5 Å². The van der Waals surface area contributed by atoms with Crippen molar-refractivity contribution in [1.82, 2.24) is 5.32 Å². The minimum Gasteiger partial charge on any atom is -0.454 e. The van der Waals surface area contributed by atoms with Crippen LogP contribution >= 0.6 is 0 Å². The van der Waals surface area contributed by atoms with Crippen LogP contribution in [0.15, 0.2) is 36.5 Å². The predicted octanol–water partition coefficient (Wildman–Crippen LogP) is 17.4. The van der Waals surface area contributed by atoms with Gasteiger partial charge in [0.05, 0.1) is 25.4 Å². The Morgan fingerprint density at radius 3 is 1.28 bits per heavy atom. The molecule has 0 spiro atoms. The monoisotopic (exact) mass is 1150 g/mol. The number of carbonyl (C=O) groups is 2. The molecular weight excluding hydrogens is 1010 g/mol. The molecule has 11 heteroatoms. The number of hydrogen-bond acceptors (Lipinski definition) is 10. The molecule has 81 heavy (non-hydrogen) atoms. The number of rotatable bonds is 60. The summed E-state index contributed by atoms with van der Waals surface area (Å²) in [6.45, 7) is 5.80. The van der Waals surface area contributed by atoms with Gasteiger partial charge in [0, 0.05) is 6.42 Å². The maximum absolute atomic E-state index is 13.4. The Labute approximate surface area is 498 Å². The third-order valence-electron chi connectivity index (χ3n) is 16.5. The number of aliphatic hydroxyl groups excluding tert-OH is 5. The van der Waals surface area contributed by atoms with Gasteiger partial charge in [-0.25, -0.2) is 0 Å². The third kappa shape index (κ3) is 45.9. The van der Waals surface area contributed by atoms with E-state index in [1.54, 1.807) is 6.08 Å². The van der Waals surface area contributed by atoms with Gasteiger partial charge >= 0.3 is 5.97 Å². The number of allylic oxidation sites excluding steroid dienone is 5. The molecule has 1 saturated heterocycles. The van der Waals surface area contributed by atoms with Crippen molar-refractivity contribution in [3.63, 3.8) is 0 Å². The van der Waals surface area contributed by atoms with Crippen LogP contribution in [0.5, 0.6) is 0 Å². The zero-order valence-electron chi connectivity index (χ0n) is 52.9. The Bertz CT molecular complexity index is 1460. The fourth-order valence-electron chi connectivity index (χ4n) is 11.0. The van der Waals surface area contributed by atoms with E-state index in [2.05, 4.69) is 50.4 Å². The number of hydrogen-bond donors (Lipinski definition) is 6. The van der Waals surface area contributed by atoms with Gasteiger partial charge in [-0.1, -0.05) is 308 Å². The zero-order chi connectivity index (χ0) is 58.9. The Kier molecular flexibility index (Phi) is 55.3. The lowest BCUT2D eigenvalue weighted by Crippen LogP contribution is -2.61. The van der Waals surface area contributed by atoms with Crippen molar-refractivity contribution in [3.8, 4) is 0 Å². The first-order chi connectivity index (χ1) is 39.7. The van der Waals surface area contributed by atoms with Crippen LogP contribution in [0, 0.1) is 0 Å². The van der Waals surface area contributed by atoms with E-state index in [1.807, 2.05) is 6.08 Å². The van der Waals surface area contributed by atoms with Crippen molar-refractivity contribution in [2.45, 2.75) is 384 Å². The second kappa shape index (κ2) is 58.3. The van der Waals surface area contributed by atoms with E-state index >= 15 is 0 Å². The molecule has 1 aliphatic rings. The summed E-state index contributed by atoms with van der Waals surface area (Å²) in [7, 11) is 0. The number of unbranched alkanes of at least 4 members (excludes halogenated alkanes) is 42. The van der Waals surface area contributed by atoms with Crippen LogP contribution in [0.4, 0.5) is 0 Å². The van der Waals surface area contributed by atoms with E-state index in [-0.39, 0.29) is 19.4 Å². The summed E-state index contributed by atoms with van der Waals surface area (Å²) in [6.07, 6.45) is 60.5. The molecule has 6 N–H and O–H groups in total. The first-order valence-electron chi connectivity index (χ1n) is 34.8. The van der Waals surface area contributed by atoms with Crippen LogP contribution in [0.2, 0.25) is 0 Å². The number of esters is 1. The standard InChI is InChI=1S/C70H131NO10/c1-4-7-10-13-16-19-22-24-26-28-29-30-31-32-33-34-35-36-38-40-43-46-49-52-55-58-65(75)81-68-67(77)66(76)64(59-72)80-70(68)79-60-61(62(73)56-53-50-47-44-41-21-18-15-12-9-6-3)71-69(78)63(74)57-54-51-48-45-42-39-37-27-25-23-20-17-14-11-8-5-2/h17,20,25,27,53,56,61-64,66-68,70,72-74,76-77H,4-16,18-19,21-24,26,28-52,54-55,57-60H2,1-3H3,(H,71,78)/b20-17-,27-25-,56-53+. The predicted molar refractivity (Wildman–Crippen MR) is 338 cm³/mol. The van der Waals surface area contributed by atoms with E-state index in [4.69, 9.17) is 14.2 Å². The molecular formula is C70H131NO10. The number of aliphatic hydroxyl groups is 5. The first kappa shape index (κ1) is 76.9. The largest absolute Gasteiger partial charge is 0.454 e. The topological polar surface area (TPSA) is 175 Å². The van der Waals surface area contributed by atoms with Gasteiger partial charge in [-0.2, -0.15) is 0 Å². The fraction of sp³-hybridized carbons (Fsp3) is 0.886. The van der Waals surface area contributed by atoms with Gasteiger partial charge < -0.3 is 45.1 Å². The minimum absolute atomic E-state index is 0.128. The van der Waals surface area contributed by atoms with Crippen LogP contribution < -0.4 is 5.32 Å². The number of ether oxygens (including phenoxy) is 3. The summed E-state index contributed by atoms with van der Waals surface area (Å²) in [6, 6.07) is -1.03. The highest BCUT2D eigenvalue weighted by Crippen LogP contribution is 2.26. The number of nitrogens with one attached hydrogen (secondary N) is 1. The zero-order valence-corrected chi connectivity index (χ0v) is 52.9. The summed E-state index contributed by atoms with van der Waals surface area (Å²) in [5.41, 5.74) is 0. The first-order valence-corrected chi connectivity index (χ1v) is 34.8. The van der Waals surface area contributed by atoms with Gasteiger partial charge in [0.2, 0.25) is 5.91 Å². The average Bonchev–Trinajstić information content (AvgIpc) is 3.50. The lowest BCUT2D eigenvalue weighted by Gasteiger charge is -2.41. The Morgan fingerprint density at radius 2 is 0.852 bits per heavy atom. The molecule has 0 aromatic heterocycles. The van der Waals surface area contributed by atoms with E-state index in [0.717, 1.165) is 83.5 Å². The van der Waals surface area contributed by atoms with E-state index in [1.165, 1.54) is 205 Å². The van der Waals surface area contributed by atoms with E-state index in [9.17, 15) is 35.1 Å². The van der Waals surface area contributed by atoms with E-state index in [0.29, 0.717) is 12.8 Å². The van der Waals surface area contributed by atoms with Gasteiger partial charge in [0.15, 0.2) is 12.4 Å². The van der Waals surface area contributed by atoms with Crippen LogP contribution in [0.3, 0.4) is 0 Å². The van der Waals surface area contributed by atoms with Gasteiger partial charge in [0.25, 0.3) is 0 Å². The third-order valence-corrected chi connectivity index (χ3v) is 16.5. The lowest BCUT2D eigenvalue weighted by molar-refractivity contribution is -0.305. The molecule has 0 saturated carbocycles. The summed E-state index contributed by atoms with van der Waals surface area (Å²) >= 11 is 0. The fourth-order valence-corrected chi connectivity index (χ4v) is 11.0. The Balaban J connectivity index is 2.54. The molecule has 1 amide bonds. The molecule has 8 unspecified atom stereocenters. The van der Waals surface area contributed by atoms with E-state index < -0.39 is 67.4 Å². The molecule has 476 valence electrons. The number of carbonyl (C=O) groups excluding carboxylic acids is 2. The second-order valence-corrected chi connectivity index (χ2v) is 24.3. The summed E-state index contributed by atoms with van der Waals surface area (Å²) in [5, 5.41) is 57.1. The molecule has 1 rings (SSSR count).